The van der Waals surface area contributed by atoms with E-state index in [1.807, 2.05) is 60.7 Å². The lowest BCUT2D eigenvalue weighted by Gasteiger charge is -2.27. The first-order chi connectivity index (χ1) is 15.5. The quantitative estimate of drug-likeness (QED) is 0.373. The van der Waals surface area contributed by atoms with Crippen molar-refractivity contribution in [3.05, 3.63) is 118 Å². The van der Waals surface area contributed by atoms with Gasteiger partial charge < -0.3 is 10.0 Å². The molecular weight excluding hydrogens is 443 g/mol. The topological polar surface area (TPSA) is 53.4 Å². The number of pyridine rings is 1. The number of hydrogen-bond donors (Lipinski definition) is 1. The molecular formula is C26H18Cl2N2O2. The second-order valence-electron chi connectivity index (χ2n) is 7.67. The van der Waals surface area contributed by atoms with E-state index in [1.54, 1.807) is 29.2 Å². The predicted molar refractivity (Wildman–Crippen MR) is 127 cm³/mol. The zero-order valence-corrected chi connectivity index (χ0v) is 18.4. The number of fused-ring (bicyclic) bond motifs is 1. The third kappa shape index (κ3) is 3.72. The zero-order valence-electron chi connectivity index (χ0n) is 16.9. The summed E-state index contributed by atoms with van der Waals surface area (Å²) in [6, 6.07) is 25.6. The highest BCUT2D eigenvalue weighted by Crippen LogP contribution is 2.43. The maximum atomic E-state index is 13.2. The van der Waals surface area contributed by atoms with Crippen LogP contribution in [0.4, 0.5) is 0 Å². The van der Waals surface area contributed by atoms with Crippen molar-refractivity contribution in [1.82, 2.24) is 9.88 Å². The second kappa shape index (κ2) is 8.30. The Kier molecular flexibility index (Phi) is 5.33. The number of aliphatic hydroxyl groups excluding tert-OH is 1. The number of aromatic nitrogens is 1. The van der Waals surface area contributed by atoms with Gasteiger partial charge in [0.15, 0.2) is 5.76 Å². The van der Waals surface area contributed by atoms with E-state index < -0.39 is 11.9 Å². The Labute approximate surface area is 195 Å². The van der Waals surface area contributed by atoms with Crippen LogP contribution in [-0.2, 0) is 11.3 Å². The van der Waals surface area contributed by atoms with Gasteiger partial charge in [0, 0.05) is 22.0 Å². The molecule has 0 bridgehead atoms. The summed E-state index contributed by atoms with van der Waals surface area (Å²) in [7, 11) is 0. The molecule has 1 aromatic heterocycles. The number of halogens is 2. The zero-order chi connectivity index (χ0) is 22.2. The molecule has 6 heteroatoms. The number of hydrogen-bond acceptors (Lipinski definition) is 3. The molecule has 1 amide bonds. The van der Waals surface area contributed by atoms with Crippen molar-refractivity contribution < 1.29 is 9.90 Å². The maximum Gasteiger partial charge on any atom is 0.290 e. The van der Waals surface area contributed by atoms with Crippen molar-refractivity contribution in [3.63, 3.8) is 0 Å². The summed E-state index contributed by atoms with van der Waals surface area (Å²) >= 11 is 12.1. The number of rotatable bonds is 4. The van der Waals surface area contributed by atoms with Crippen LogP contribution in [0, 0.1) is 0 Å². The molecule has 0 radical (unpaired) electrons. The molecule has 0 fully saturated rings. The minimum Gasteiger partial charge on any atom is -0.503 e. The monoisotopic (exact) mass is 460 g/mol. The molecule has 0 saturated carbocycles. The van der Waals surface area contributed by atoms with E-state index >= 15 is 0 Å². The lowest BCUT2D eigenvalue weighted by Crippen LogP contribution is -2.29. The lowest BCUT2D eigenvalue weighted by atomic mass is 9.96. The molecule has 3 aromatic carbocycles. The van der Waals surface area contributed by atoms with E-state index in [-0.39, 0.29) is 5.76 Å². The minimum atomic E-state index is -0.510. The molecule has 0 saturated heterocycles. The average molecular weight is 461 g/mol. The maximum absolute atomic E-state index is 13.2. The van der Waals surface area contributed by atoms with E-state index in [1.165, 1.54) is 0 Å². The highest BCUT2D eigenvalue weighted by molar-refractivity contribution is 6.30. The Morgan fingerprint density at radius 3 is 2.22 bits per heavy atom. The number of amides is 1. The van der Waals surface area contributed by atoms with Crippen LogP contribution in [0.5, 0.6) is 0 Å². The van der Waals surface area contributed by atoms with E-state index in [0.29, 0.717) is 27.9 Å². The predicted octanol–water partition coefficient (Wildman–Crippen LogP) is 6.59. The Balaban J connectivity index is 1.63. The number of nitrogens with zero attached hydrogens (tertiary/aromatic N) is 2. The highest BCUT2D eigenvalue weighted by Gasteiger charge is 2.41. The van der Waals surface area contributed by atoms with E-state index in [0.717, 1.165) is 22.0 Å². The summed E-state index contributed by atoms with van der Waals surface area (Å²) in [5.41, 5.74) is 3.59. The molecule has 1 atom stereocenters. The summed E-state index contributed by atoms with van der Waals surface area (Å²) in [5.74, 6) is -0.730. The third-order valence-electron chi connectivity index (χ3n) is 5.63. The van der Waals surface area contributed by atoms with Gasteiger partial charge >= 0.3 is 0 Å². The van der Waals surface area contributed by atoms with E-state index in [2.05, 4.69) is 0 Å². The average Bonchev–Trinajstić information content (AvgIpc) is 3.05. The SMILES string of the molecule is O=C1C(O)=C(c2ccc3ccccc3n2)[C@@H](c2ccc(Cl)cc2)N1Cc1ccc(Cl)cc1. The van der Waals surface area contributed by atoms with Gasteiger partial charge in [-0.2, -0.15) is 0 Å². The number of para-hydroxylation sites is 1. The van der Waals surface area contributed by atoms with Gasteiger partial charge in [-0.05, 0) is 47.5 Å². The molecule has 4 aromatic rings. The molecule has 4 nitrogen and oxygen atoms in total. The van der Waals surface area contributed by atoms with Gasteiger partial charge in [-0.25, -0.2) is 4.98 Å². The van der Waals surface area contributed by atoms with Crippen LogP contribution in [-0.4, -0.2) is 20.9 Å². The fourth-order valence-electron chi connectivity index (χ4n) is 4.07. The standard InChI is InChI=1S/C26H18Cl2N2O2/c27-19-10-5-16(6-11-19)15-30-24(18-7-12-20(28)13-8-18)23(25(31)26(30)32)22-14-9-17-3-1-2-4-21(17)29-22/h1-14,24,31H,15H2/t24-/m1/s1. The van der Waals surface area contributed by atoms with Crippen molar-refractivity contribution in [3.8, 4) is 0 Å². The molecule has 2 heterocycles. The van der Waals surface area contributed by atoms with Crippen LogP contribution >= 0.6 is 23.2 Å². The van der Waals surface area contributed by atoms with Crippen molar-refractivity contribution in [2.45, 2.75) is 12.6 Å². The van der Waals surface area contributed by atoms with Gasteiger partial charge in [0.05, 0.1) is 22.8 Å². The Morgan fingerprint density at radius 2 is 1.50 bits per heavy atom. The molecule has 1 aliphatic heterocycles. The number of carbonyl (C=O) groups excluding carboxylic acids is 1. The minimum absolute atomic E-state index is 0.290. The Bertz CT molecular complexity index is 1350. The largest absolute Gasteiger partial charge is 0.503 e. The van der Waals surface area contributed by atoms with Crippen LogP contribution in [0.2, 0.25) is 10.0 Å². The molecule has 0 aliphatic carbocycles. The summed E-state index contributed by atoms with van der Waals surface area (Å²) in [6.07, 6.45) is 0. The van der Waals surface area contributed by atoms with Crippen LogP contribution in [0.1, 0.15) is 22.9 Å². The van der Waals surface area contributed by atoms with E-state index in [9.17, 15) is 9.90 Å². The highest BCUT2D eigenvalue weighted by atomic mass is 35.5. The summed E-state index contributed by atoms with van der Waals surface area (Å²) in [6.45, 7) is 0.310. The normalized spacial score (nSPS) is 16.2. The first-order valence-corrected chi connectivity index (χ1v) is 10.9. The van der Waals surface area contributed by atoms with Crippen LogP contribution in [0.25, 0.3) is 16.5 Å². The van der Waals surface area contributed by atoms with Gasteiger partial charge in [-0.3, -0.25) is 4.79 Å². The van der Waals surface area contributed by atoms with Crippen LogP contribution in [0.3, 0.4) is 0 Å². The lowest BCUT2D eigenvalue weighted by molar-refractivity contribution is -0.130. The molecule has 0 unspecified atom stereocenters. The van der Waals surface area contributed by atoms with Crippen molar-refractivity contribution in [2.24, 2.45) is 0 Å². The van der Waals surface area contributed by atoms with Gasteiger partial charge in [0.25, 0.3) is 5.91 Å². The van der Waals surface area contributed by atoms with Gasteiger partial charge in [-0.1, -0.05) is 71.7 Å². The first-order valence-electron chi connectivity index (χ1n) is 10.1. The molecule has 158 valence electrons. The summed E-state index contributed by atoms with van der Waals surface area (Å²) in [5, 5.41) is 13.2. The van der Waals surface area contributed by atoms with Gasteiger partial charge in [-0.15, -0.1) is 0 Å². The van der Waals surface area contributed by atoms with Gasteiger partial charge in [0.2, 0.25) is 0 Å². The number of carbonyl (C=O) groups is 1. The molecule has 0 spiro atoms. The first kappa shape index (κ1) is 20.6. The third-order valence-corrected chi connectivity index (χ3v) is 6.13. The molecule has 1 N–H and O–H groups in total. The Morgan fingerprint density at radius 1 is 0.844 bits per heavy atom. The van der Waals surface area contributed by atoms with Gasteiger partial charge in [0.1, 0.15) is 0 Å². The van der Waals surface area contributed by atoms with Crippen LogP contribution < -0.4 is 0 Å². The number of benzene rings is 3. The molecule has 5 rings (SSSR count). The molecule has 1 aliphatic rings. The van der Waals surface area contributed by atoms with Crippen LogP contribution in [0.15, 0.2) is 90.7 Å². The number of aliphatic hydroxyl groups is 1. The second-order valence-corrected chi connectivity index (χ2v) is 8.54. The fraction of sp³-hybridized carbons (Fsp3) is 0.0769. The smallest absolute Gasteiger partial charge is 0.290 e. The fourth-order valence-corrected chi connectivity index (χ4v) is 4.32. The Hall–Kier alpha value is -3.34. The molecule has 32 heavy (non-hydrogen) atoms. The summed E-state index contributed by atoms with van der Waals surface area (Å²) in [4.78, 5) is 19.6. The van der Waals surface area contributed by atoms with Crippen molar-refractivity contribution in [1.29, 1.82) is 0 Å². The van der Waals surface area contributed by atoms with Crippen molar-refractivity contribution in [2.75, 3.05) is 0 Å². The van der Waals surface area contributed by atoms with Crippen molar-refractivity contribution >= 4 is 45.6 Å². The summed E-state index contributed by atoms with van der Waals surface area (Å²) < 4.78 is 0. The van der Waals surface area contributed by atoms with E-state index in [4.69, 9.17) is 28.2 Å².